The molecule has 0 aliphatic heterocycles. The van der Waals surface area contributed by atoms with Gasteiger partial charge in [0.05, 0.1) is 5.60 Å². The van der Waals surface area contributed by atoms with E-state index in [1.807, 2.05) is 38.2 Å². The molecule has 0 radical (unpaired) electrons. The SMILES string of the molecule is CC(C)(O)CCn1ccc2cc(Oc3ccc(F)c4c3CCC4)ccc21. The fourth-order valence-corrected chi connectivity index (χ4v) is 3.68. The maximum Gasteiger partial charge on any atom is 0.131 e. The molecule has 136 valence electrons. The van der Waals surface area contributed by atoms with Crippen molar-refractivity contribution in [3.63, 3.8) is 0 Å². The zero-order valence-electron chi connectivity index (χ0n) is 15.3. The van der Waals surface area contributed by atoms with Crippen molar-refractivity contribution in [3.05, 3.63) is 59.5 Å². The number of hydrogen-bond donors (Lipinski definition) is 1. The van der Waals surface area contributed by atoms with E-state index in [1.165, 1.54) is 6.07 Å². The second-order valence-electron chi connectivity index (χ2n) is 7.75. The van der Waals surface area contributed by atoms with E-state index in [9.17, 15) is 9.50 Å². The second-order valence-corrected chi connectivity index (χ2v) is 7.75. The molecule has 0 bridgehead atoms. The van der Waals surface area contributed by atoms with Crippen LogP contribution in [0.4, 0.5) is 4.39 Å². The van der Waals surface area contributed by atoms with Gasteiger partial charge >= 0.3 is 0 Å². The summed E-state index contributed by atoms with van der Waals surface area (Å²) in [5.74, 6) is 1.40. The van der Waals surface area contributed by atoms with Gasteiger partial charge in [-0.2, -0.15) is 0 Å². The number of rotatable bonds is 5. The molecule has 0 unspecified atom stereocenters. The molecule has 2 aromatic carbocycles. The molecule has 4 heteroatoms. The van der Waals surface area contributed by atoms with Crippen LogP contribution in [-0.4, -0.2) is 15.3 Å². The van der Waals surface area contributed by atoms with Crippen molar-refractivity contribution in [2.45, 2.75) is 51.7 Å². The highest BCUT2D eigenvalue weighted by Gasteiger charge is 2.20. The van der Waals surface area contributed by atoms with E-state index >= 15 is 0 Å². The number of aryl methyl sites for hydroxylation is 1. The molecule has 26 heavy (non-hydrogen) atoms. The Morgan fingerprint density at radius 2 is 1.92 bits per heavy atom. The Balaban J connectivity index is 1.58. The van der Waals surface area contributed by atoms with Crippen LogP contribution in [0.3, 0.4) is 0 Å². The lowest BCUT2D eigenvalue weighted by atomic mass is 10.1. The van der Waals surface area contributed by atoms with Crippen molar-refractivity contribution in [3.8, 4) is 11.5 Å². The third-order valence-corrected chi connectivity index (χ3v) is 5.12. The molecule has 0 atom stereocenters. The molecule has 1 heterocycles. The zero-order chi connectivity index (χ0) is 18.3. The van der Waals surface area contributed by atoms with Crippen molar-refractivity contribution >= 4 is 10.9 Å². The first-order valence-corrected chi connectivity index (χ1v) is 9.20. The fourth-order valence-electron chi connectivity index (χ4n) is 3.68. The molecule has 0 saturated carbocycles. The number of aromatic nitrogens is 1. The maximum absolute atomic E-state index is 13.9. The normalized spacial score (nSPS) is 14.0. The largest absolute Gasteiger partial charge is 0.457 e. The van der Waals surface area contributed by atoms with Crippen LogP contribution < -0.4 is 4.74 Å². The summed E-state index contributed by atoms with van der Waals surface area (Å²) in [6.07, 6.45) is 5.38. The van der Waals surface area contributed by atoms with Gasteiger partial charge in [-0.1, -0.05) is 0 Å². The van der Waals surface area contributed by atoms with Crippen molar-refractivity contribution in [2.75, 3.05) is 0 Å². The highest BCUT2D eigenvalue weighted by Crippen LogP contribution is 2.36. The molecule has 1 aliphatic carbocycles. The van der Waals surface area contributed by atoms with Crippen LogP contribution in [0, 0.1) is 5.82 Å². The van der Waals surface area contributed by atoms with Gasteiger partial charge in [0.2, 0.25) is 0 Å². The molecule has 4 rings (SSSR count). The van der Waals surface area contributed by atoms with E-state index in [-0.39, 0.29) is 5.82 Å². The van der Waals surface area contributed by atoms with Gasteiger partial charge in [-0.15, -0.1) is 0 Å². The molecule has 0 amide bonds. The van der Waals surface area contributed by atoms with Gasteiger partial charge < -0.3 is 14.4 Å². The summed E-state index contributed by atoms with van der Waals surface area (Å²) in [5, 5.41) is 11.0. The van der Waals surface area contributed by atoms with Crippen molar-refractivity contribution in [2.24, 2.45) is 0 Å². The van der Waals surface area contributed by atoms with E-state index in [2.05, 4.69) is 10.6 Å². The van der Waals surface area contributed by atoms with Crippen molar-refractivity contribution in [1.29, 1.82) is 0 Å². The Bertz CT molecular complexity index is 953. The zero-order valence-corrected chi connectivity index (χ0v) is 15.3. The predicted octanol–water partition coefficient (Wildman–Crippen LogP) is 5.22. The summed E-state index contributed by atoms with van der Waals surface area (Å²) in [7, 11) is 0. The molecule has 1 aliphatic rings. The smallest absolute Gasteiger partial charge is 0.131 e. The maximum atomic E-state index is 13.9. The van der Waals surface area contributed by atoms with Gasteiger partial charge in [0.25, 0.3) is 0 Å². The minimum absolute atomic E-state index is 0.121. The van der Waals surface area contributed by atoms with Gasteiger partial charge in [-0.05, 0) is 81.5 Å². The average molecular weight is 353 g/mol. The Labute approximate surface area is 153 Å². The Hall–Kier alpha value is -2.33. The van der Waals surface area contributed by atoms with Crippen LogP contribution in [-0.2, 0) is 19.4 Å². The molecular weight excluding hydrogens is 329 g/mol. The average Bonchev–Trinajstić information content (AvgIpc) is 3.22. The third kappa shape index (κ3) is 3.34. The number of hydrogen-bond acceptors (Lipinski definition) is 2. The monoisotopic (exact) mass is 353 g/mol. The van der Waals surface area contributed by atoms with Crippen LogP contribution in [0.2, 0.25) is 0 Å². The lowest BCUT2D eigenvalue weighted by Gasteiger charge is -2.17. The van der Waals surface area contributed by atoms with E-state index < -0.39 is 5.60 Å². The highest BCUT2D eigenvalue weighted by molar-refractivity contribution is 5.81. The summed E-state index contributed by atoms with van der Waals surface area (Å²) >= 11 is 0. The van der Waals surface area contributed by atoms with E-state index in [4.69, 9.17) is 4.74 Å². The second kappa shape index (κ2) is 6.44. The number of fused-ring (bicyclic) bond motifs is 2. The molecule has 0 saturated heterocycles. The summed E-state index contributed by atoms with van der Waals surface area (Å²) in [6, 6.07) is 11.3. The molecule has 1 N–H and O–H groups in total. The van der Waals surface area contributed by atoms with Gasteiger partial charge in [0.1, 0.15) is 17.3 Å². The first-order chi connectivity index (χ1) is 12.4. The van der Waals surface area contributed by atoms with E-state index in [1.54, 1.807) is 6.07 Å². The minimum atomic E-state index is -0.678. The van der Waals surface area contributed by atoms with E-state index in [0.29, 0.717) is 6.42 Å². The standard InChI is InChI=1S/C22H24FNO2/c1-22(2,25)11-13-24-12-10-15-14-16(6-8-20(15)24)26-21-9-7-19(23)17-4-3-5-18(17)21/h6-10,12,14,25H,3-5,11,13H2,1-2H3. The molecule has 0 fully saturated rings. The summed E-state index contributed by atoms with van der Waals surface area (Å²) in [4.78, 5) is 0. The van der Waals surface area contributed by atoms with Crippen LogP contribution in [0.15, 0.2) is 42.6 Å². The molecule has 0 spiro atoms. The Morgan fingerprint density at radius 1 is 1.12 bits per heavy atom. The molecule has 1 aromatic heterocycles. The number of aliphatic hydroxyl groups is 1. The highest BCUT2D eigenvalue weighted by atomic mass is 19.1. The number of ether oxygens (including phenoxy) is 1. The number of halogens is 1. The van der Waals surface area contributed by atoms with Gasteiger partial charge in [0.15, 0.2) is 0 Å². The first kappa shape index (κ1) is 17.1. The summed E-state index contributed by atoms with van der Waals surface area (Å²) < 4.78 is 22.1. The number of benzene rings is 2. The van der Waals surface area contributed by atoms with Crippen LogP contribution in [0.25, 0.3) is 10.9 Å². The number of nitrogens with zero attached hydrogens (tertiary/aromatic N) is 1. The fraction of sp³-hybridized carbons (Fsp3) is 0.364. The van der Waals surface area contributed by atoms with Crippen molar-refractivity contribution < 1.29 is 14.2 Å². The summed E-state index contributed by atoms with van der Waals surface area (Å²) in [6.45, 7) is 4.41. The minimum Gasteiger partial charge on any atom is -0.457 e. The van der Waals surface area contributed by atoms with E-state index in [0.717, 1.165) is 59.3 Å². The lowest BCUT2D eigenvalue weighted by molar-refractivity contribution is 0.0666. The molecular formula is C22H24FNO2. The summed E-state index contributed by atoms with van der Waals surface area (Å²) in [5.41, 5.74) is 2.25. The lowest BCUT2D eigenvalue weighted by Crippen LogP contribution is -2.20. The van der Waals surface area contributed by atoms with Crippen molar-refractivity contribution in [1.82, 2.24) is 4.57 Å². The first-order valence-electron chi connectivity index (χ1n) is 9.20. The quantitative estimate of drug-likeness (QED) is 0.682. The van der Waals surface area contributed by atoms with Gasteiger partial charge in [-0.3, -0.25) is 0 Å². The topological polar surface area (TPSA) is 34.4 Å². The Kier molecular flexibility index (Phi) is 4.23. The van der Waals surface area contributed by atoms with Crippen LogP contribution in [0.1, 0.15) is 37.8 Å². The van der Waals surface area contributed by atoms with Gasteiger partial charge in [-0.25, -0.2) is 4.39 Å². The Morgan fingerprint density at radius 3 is 2.73 bits per heavy atom. The molecule has 3 aromatic rings. The van der Waals surface area contributed by atoms with Crippen LogP contribution >= 0.6 is 0 Å². The van der Waals surface area contributed by atoms with Crippen LogP contribution in [0.5, 0.6) is 11.5 Å². The predicted molar refractivity (Wildman–Crippen MR) is 101 cm³/mol. The van der Waals surface area contributed by atoms with Gasteiger partial charge in [0, 0.05) is 29.2 Å². The molecule has 3 nitrogen and oxygen atoms in total. The third-order valence-electron chi connectivity index (χ3n) is 5.12.